The average Bonchev–Trinajstić information content (AvgIpc) is 1.30. The van der Waals surface area contributed by atoms with E-state index in [2.05, 4.69) is 5.87 Å². The molecular formula is C4H11NOS. The van der Waals surface area contributed by atoms with Gasteiger partial charge in [0.05, 0.1) is 0 Å². The van der Waals surface area contributed by atoms with Crippen molar-refractivity contribution in [1.82, 2.24) is 0 Å². The summed E-state index contributed by atoms with van der Waals surface area (Å²) in [4.78, 5) is 0. The summed E-state index contributed by atoms with van der Waals surface area (Å²) in [5.74, 6) is 3.80. The van der Waals surface area contributed by atoms with Gasteiger partial charge in [-0.25, -0.2) is 0 Å². The van der Waals surface area contributed by atoms with Crippen molar-refractivity contribution in [2.24, 2.45) is 5.14 Å². The normalized spacial score (nSPS) is 18.6. The smallest absolute Gasteiger partial charge is 0.0284 e. The van der Waals surface area contributed by atoms with Gasteiger partial charge in [-0.1, -0.05) is 6.92 Å². The maximum atomic E-state index is 10.5. The molecule has 0 saturated carbocycles. The minimum absolute atomic E-state index is 0.535. The molecule has 0 aliphatic carbocycles. The average molecular weight is 121 g/mol. The van der Waals surface area contributed by atoms with E-state index in [1.165, 1.54) is 0 Å². The molecule has 0 fully saturated rings. The minimum Gasteiger partial charge on any atom is -0.260 e. The molecule has 0 aliphatic rings. The van der Waals surface area contributed by atoms with Crippen molar-refractivity contribution < 1.29 is 4.21 Å². The highest BCUT2D eigenvalue weighted by Crippen LogP contribution is 1.80. The first-order valence-corrected chi connectivity index (χ1v) is 4.15. The molecule has 0 spiro atoms. The lowest BCUT2D eigenvalue weighted by molar-refractivity contribution is 0.681. The Kier molecular flexibility index (Phi) is 2.32. The number of nitrogens with two attached hydrogens (primary N) is 1. The molecule has 0 bridgehead atoms. The molecule has 2 N–H and O–H groups in total. The molecule has 0 radical (unpaired) electrons. The molecule has 0 saturated heterocycles. The summed E-state index contributed by atoms with van der Waals surface area (Å²) >= 11 is 0. The second-order valence-corrected chi connectivity index (χ2v) is 3.72. The SMILES string of the molecule is C=S(N)(=O)CCC. The second-order valence-electron chi connectivity index (χ2n) is 1.57. The summed E-state index contributed by atoms with van der Waals surface area (Å²) in [6.07, 6.45) is 0.846. The van der Waals surface area contributed by atoms with E-state index >= 15 is 0 Å². The Morgan fingerprint density at radius 1 is 1.86 bits per heavy atom. The molecule has 0 aromatic rings. The van der Waals surface area contributed by atoms with E-state index in [0.29, 0.717) is 5.75 Å². The quantitative estimate of drug-likeness (QED) is 0.513. The van der Waals surface area contributed by atoms with Gasteiger partial charge in [0.15, 0.2) is 0 Å². The molecule has 44 valence electrons. The van der Waals surface area contributed by atoms with Crippen molar-refractivity contribution in [2.75, 3.05) is 5.75 Å². The summed E-state index contributed by atoms with van der Waals surface area (Å²) < 4.78 is 10.5. The van der Waals surface area contributed by atoms with E-state index in [4.69, 9.17) is 5.14 Å². The van der Waals surface area contributed by atoms with Crippen LogP contribution >= 0.6 is 0 Å². The van der Waals surface area contributed by atoms with Crippen LogP contribution in [0.3, 0.4) is 0 Å². The highest BCUT2D eigenvalue weighted by atomic mass is 32.2. The lowest BCUT2D eigenvalue weighted by Crippen LogP contribution is -2.14. The lowest BCUT2D eigenvalue weighted by atomic mass is 10.6. The first-order chi connectivity index (χ1) is 3.06. The Bertz CT molecular complexity index is 125. The third-order valence-electron chi connectivity index (χ3n) is 0.550. The number of hydrogen-bond acceptors (Lipinski definition) is 1. The first-order valence-electron chi connectivity index (χ1n) is 2.19. The van der Waals surface area contributed by atoms with Crippen LogP contribution in [-0.4, -0.2) is 15.8 Å². The zero-order chi connectivity index (χ0) is 5.91. The van der Waals surface area contributed by atoms with Gasteiger partial charge >= 0.3 is 0 Å². The van der Waals surface area contributed by atoms with E-state index < -0.39 is 9.71 Å². The monoisotopic (exact) mass is 121 g/mol. The molecule has 0 amide bonds. The predicted octanol–water partition coefficient (Wildman–Crippen LogP) is -0.0135. The van der Waals surface area contributed by atoms with Gasteiger partial charge in [-0.2, -0.15) is 0 Å². The highest BCUT2D eigenvalue weighted by Gasteiger charge is 1.88. The van der Waals surface area contributed by atoms with Crippen molar-refractivity contribution >= 4 is 15.6 Å². The second kappa shape index (κ2) is 2.33. The van der Waals surface area contributed by atoms with Gasteiger partial charge in [-0.3, -0.25) is 9.35 Å². The van der Waals surface area contributed by atoms with E-state index in [1.54, 1.807) is 0 Å². The van der Waals surface area contributed by atoms with Crippen LogP contribution in [-0.2, 0) is 9.71 Å². The summed E-state index contributed by atoms with van der Waals surface area (Å²) in [7, 11) is -2.17. The van der Waals surface area contributed by atoms with Crippen molar-refractivity contribution in [3.63, 3.8) is 0 Å². The van der Waals surface area contributed by atoms with E-state index in [-0.39, 0.29) is 0 Å². The molecule has 0 rings (SSSR count). The van der Waals surface area contributed by atoms with Gasteiger partial charge in [0.2, 0.25) is 0 Å². The fraction of sp³-hybridized carbons (Fsp3) is 0.750. The van der Waals surface area contributed by atoms with Gasteiger partial charge in [0.25, 0.3) is 0 Å². The third-order valence-corrected chi connectivity index (χ3v) is 1.65. The fourth-order valence-corrected chi connectivity index (χ4v) is 1.04. The van der Waals surface area contributed by atoms with E-state index in [1.807, 2.05) is 6.92 Å². The Morgan fingerprint density at radius 3 is 2.29 bits per heavy atom. The molecule has 0 aromatic heterocycles. The van der Waals surface area contributed by atoms with E-state index in [0.717, 1.165) is 6.42 Å². The minimum atomic E-state index is -2.17. The molecule has 2 nitrogen and oxygen atoms in total. The van der Waals surface area contributed by atoms with Crippen LogP contribution in [0, 0.1) is 0 Å². The largest absolute Gasteiger partial charge is 0.260 e. The lowest BCUT2D eigenvalue weighted by Gasteiger charge is -1.94. The van der Waals surface area contributed by atoms with Crippen molar-refractivity contribution in [2.45, 2.75) is 13.3 Å². The van der Waals surface area contributed by atoms with Gasteiger partial charge in [-0.15, -0.1) is 0 Å². The summed E-state index contributed by atoms with van der Waals surface area (Å²) in [5.41, 5.74) is 0. The Balaban J connectivity index is 3.60. The van der Waals surface area contributed by atoms with Crippen LogP contribution in [0.4, 0.5) is 0 Å². The van der Waals surface area contributed by atoms with Crippen LogP contribution in [0.15, 0.2) is 0 Å². The van der Waals surface area contributed by atoms with Crippen LogP contribution in [0.25, 0.3) is 0 Å². The highest BCUT2D eigenvalue weighted by molar-refractivity contribution is 7.98. The predicted molar refractivity (Wildman–Crippen MR) is 34.6 cm³/mol. The van der Waals surface area contributed by atoms with E-state index in [9.17, 15) is 4.21 Å². The van der Waals surface area contributed by atoms with Crippen molar-refractivity contribution in [3.8, 4) is 0 Å². The molecule has 1 unspecified atom stereocenters. The summed E-state index contributed by atoms with van der Waals surface area (Å²) in [6, 6.07) is 0. The molecule has 1 atom stereocenters. The Labute approximate surface area is 44.9 Å². The van der Waals surface area contributed by atoms with Gasteiger partial charge in [-0.05, 0) is 12.3 Å². The van der Waals surface area contributed by atoms with Crippen LogP contribution in [0.5, 0.6) is 0 Å². The van der Waals surface area contributed by atoms with Gasteiger partial charge in [0.1, 0.15) is 0 Å². The van der Waals surface area contributed by atoms with Gasteiger partial charge < -0.3 is 0 Å². The maximum Gasteiger partial charge on any atom is 0.0284 e. The first kappa shape index (κ1) is 6.98. The summed E-state index contributed by atoms with van der Waals surface area (Å²) in [6.45, 7) is 1.93. The fourth-order valence-electron chi connectivity index (χ4n) is 0.346. The topological polar surface area (TPSA) is 43.1 Å². The zero-order valence-electron chi connectivity index (χ0n) is 4.52. The van der Waals surface area contributed by atoms with Crippen LogP contribution in [0.1, 0.15) is 13.3 Å². The van der Waals surface area contributed by atoms with Crippen LogP contribution < -0.4 is 5.14 Å². The zero-order valence-corrected chi connectivity index (χ0v) is 5.33. The Hall–Kier alpha value is -0.0200. The molecular weight excluding hydrogens is 110 g/mol. The van der Waals surface area contributed by atoms with Crippen LogP contribution in [0.2, 0.25) is 0 Å². The summed E-state index contributed by atoms with van der Waals surface area (Å²) in [5, 5.41) is 5.06. The molecule has 7 heavy (non-hydrogen) atoms. The number of hydrogen-bond donors (Lipinski definition) is 1. The third kappa shape index (κ3) is 5.98. The van der Waals surface area contributed by atoms with Crippen molar-refractivity contribution in [3.05, 3.63) is 0 Å². The van der Waals surface area contributed by atoms with Crippen molar-refractivity contribution in [1.29, 1.82) is 0 Å². The molecule has 0 aromatic carbocycles. The Morgan fingerprint density at radius 2 is 2.29 bits per heavy atom. The van der Waals surface area contributed by atoms with Gasteiger partial charge in [0, 0.05) is 15.5 Å². The molecule has 0 heterocycles. The number of rotatable bonds is 2. The molecule has 3 heteroatoms. The standard InChI is InChI=1S/C4H11NOS/c1-3-4-7(2,5)6/h2-4H2,1H3,(H2,5,6). The molecule has 0 aliphatic heterocycles. The maximum absolute atomic E-state index is 10.5.